The van der Waals surface area contributed by atoms with Crippen molar-refractivity contribution in [3.63, 3.8) is 0 Å². The molecule has 6 aromatic rings. The molecule has 3 aliphatic rings. The van der Waals surface area contributed by atoms with Crippen molar-refractivity contribution >= 4 is 61.4 Å². The minimum absolute atomic E-state index is 0.0157. The summed E-state index contributed by atoms with van der Waals surface area (Å²) in [5.74, 6) is 1.08. The van der Waals surface area contributed by atoms with Crippen molar-refractivity contribution in [3.8, 4) is 17.4 Å². The Labute approximate surface area is 371 Å². The SMILES string of the molecule is CC1(C)CCC(CN2CCN(c3ccc(C(=O)NS(=O)(=O)c4cnc(OCC5CCc6nccn6C5)c(Cl)c4)c(Oc4cnc5[nH]ccc5c4)c3)CC2)=C(c2ccc(Cl)cc2)C1. The van der Waals surface area contributed by atoms with Crippen molar-refractivity contribution in [1.29, 1.82) is 0 Å². The van der Waals surface area contributed by atoms with Crippen LogP contribution in [0.25, 0.3) is 16.6 Å². The second-order valence-corrected chi connectivity index (χ2v) is 19.7. The van der Waals surface area contributed by atoms with Crippen molar-refractivity contribution in [2.24, 2.45) is 11.3 Å². The van der Waals surface area contributed by atoms with E-state index in [1.165, 1.54) is 22.8 Å². The molecule has 62 heavy (non-hydrogen) atoms. The second kappa shape index (κ2) is 17.4. The third-order valence-electron chi connectivity index (χ3n) is 12.2. The van der Waals surface area contributed by atoms with Crippen LogP contribution < -0.4 is 19.1 Å². The number of H-pyrrole nitrogens is 1. The van der Waals surface area contributed by atoms with E-state index in [9.17, 15) is 13.2 Å². The Morgan fingerprint density at radius 2 is 1.79 bits per heavy atom. The van der Waals surface area contributed by atoms with Crippen LogP contribution in [-0.2, 0) is 23.0 Å². The summed E-state index contributed by atoms with van der Waals surface area (Å²) in [4.78, 5) is 34.5. The maximum atomic E-state index is 13.9. The summed E-state index contributed by atoms with van der Waals surface area (Å²) in [5.41, 5.74) is 5.96. The van der Waals surface area contributed by atoms with Gasteiger partial charge in [-0.05, 0) is 84.7 Å². The number of ether oxygens (including phenoxy) is 2. The molecule has 6 heterocycles. The van der Waals surface area contributed by atoms with Gasteiger partial charge >= 0.3 is 0 Å². The number of nitrogens with one attached hydrogen (secondary N) is 2. The molecular formula is C46H48Cl2N8O5S. The molecule has 1 atom stereocenters. The number of hydrogen-bond acceptors (Lipinski definition) is 10. The maximum absolute atomic E-state index is 13.9. The number of sulfonamides is 1. The molecule has 2 N–H and O–H groups in total. The fraction of sp³-hybridized carbons (Fsp3) is 0.348. The maximum Gasteiger partial charge on any atom is 0.268 e. The predicted octanol–water partition coefficient (Wildman–Crippen LogP) is 8.80. The molecule has 0 saturated carbocycles. The van der Waals surface area contributed by atoms with Crippen LogP contribution in [0.3, 0.4) is 0 Å². The number of imidazole rings is 1. The van der Waals surface area contributed by atoms with Crippen LogP contribution in [0.4, 0.5) is 5.69 Å². The Morgan fingerprint density at radius 3 is 2.60 bits per heavy atom. The van der Waals surface area contributed by atoms with E-state index in [0.29, 0.717) is 18.0 Å². The van der Waals surface area contributed by atoms with Gasteiger partial charge in [-0.3, -0.25) is 9.69 Å². The van der Waals surface area contributed by atoms with E-state index >= 15 is 0 Å². The molecule has 1 unspecified atom stereocenters. The van der Waals surface area contributed by atoms with E-state index in [1.807, 2.05) is 36.5 Å². The summed E-state index contributed by atoms with van der Waals surface area (Å²) in [6.07, 6.45) is 13.2. The normalized spacial score (nSPS) is 18.1. The van der Waals surface area contributed by atoms with Crippen LogP contribution in [0.2, 0.25) is 10.0 Å². The molecule has 2 aromatic carbocycles. The molecule has 322 valence electrons. The summed E-state index contributed by atoms with van der Waals surface area (Å²) in [5, 5.41) is 1.58. The number of aromatic nitrogens is 5. The molecule has 1 fully saturated rings. The fourth-order valence-corrected chi connectivity index (χ4v) is 9.99. The summed E-state index contributed by atoms with van der Waals surface area (Å²) in [6.45, 7) is 9.92. The van der Waals surface area contributed by atoms with Gasteiger partial charge in [-0.2, -0.15) is 0 Å². The van der Waals surface area contributed by atoms with Crippen LogP contribution in [-0.4, -0.2) is 83.1 Å². The average molecular weight is 896 g/mol. The number of piperazine rings is 1. The number of aryl methyl sites for hydroxylation is 1. The van der Waals surface area contributed by atoms with E-state index in [0.717, 1.165) is 99.5 Å². The zero-order chi connectivity index (χ0) is 43.0. The zero-order valence-electron chi connectivity index (χ0n) is 34.6. The molecule has 16 heteroatoms. The Hall–Kier alpha value is -5.41. The quantitative estimate of drug-likeness (QED) is 0.122. The van der Waals surface area contributed by atoms with Crippen LogP contribution in [0.15, 0.2) is 102 Å². The number of allylic oxidation sites excluding steroid dienone is 1. The van der Waals surface area contributed by atoms with Gasteiger partial charge in [-0.1, -0.05) is 54.8 Å². The number of carbonyl (C=O) groups is 1. The Bertz CT molecular complexity index is 2760. The summed E-state index contributed by atoms with van der Waals surface area (Å²) in [6, 6.07) is 18.3. The first kappa shape index (κ1) is 41.9. The molecule has 2 aliphatic heterocycles. The monoisotopic (exact) mass is 894 g/mol. The van der Waals surface area contributed by atoms with Gasteiger partial charge in [0.05, 0.1) is 24.6 Å². The van der Waals surface area contributed by atoms with Crippen molar-refractivity contribution in [2.75, 3.05) is 44.2 Å². The fourth-order valence-electron chi connectivity index (χ4n) is 8.65. The Morgan fingerprint density at radius 1 is 0.968 bits per heavy atom. The number of anilines is 1. The lowest BCUT2D eigenvalue weighted by molar-refractivity contribution is 0.0979. The molecule has 0 bridgehead atoms. The molecule has 4 aromatic heterocycles. The van der Waals surface area contributed by atoms with Gasteiger partial charge in [-0.15, -0.1) is 0 Å². The number of benzene rings is 2. The van der Waals surface area contributed by atoms with E-state index < -0.39 is 15.9 Å². The predicted molar refractivity (Wildman–Crippen MR) is 241 cm³/mol. The highest BCUT2D eigenvalue weighted by molar-refractivity contribution is 7.90. The van der Waals surface area contributed by atoms with E-state index in [-0.39, 0.29) is 38.4 Å². The van der Waals surface area contributed by atoms with Crippen LogP contribution >= 0.6 is 23.2 Å². The van der Waals surface area contributed by atoms with Gasteiger partial charge in [0.1, 0.15) is 32.9 Å². The first-order chi connectivity index (χ1) is 29.9. The van der Waals surface area contributed by atoms with Gasteiger partial charge < -0.3 is 23.9 Å². The highest BCUT2D eigenvalue weighted by Gasteiger charge is 2.30. The van der Waals surface area contributed by atoms with Crippen molar-refractivity contribution in [3.05, 3.63) is 124 Å². The topological polar surface area (TPSA) is 148 Å². The number of amides is 1. The first-order valence-corrected chi connectivity index (χ1v) is 23.1. The van der Waals surface area contributed by atoms with Crippen LogP contribution in [0.1, 0.15) is 61.3 Å². The molecule has 0 spiro atoms. The lowest BCUT2D eigenvalue weighted by Gasteiger charge is -2.39. The van der Waals surface area contributed by atoms with E-state index in [2.05, 4.69) is 65.0 Å². The van der Waals surface area contributed by atoms with Gasteiger partial charge in [-0.25, -0.2) is 28.1 Å². The lowest BCUT2D eigenvalue weighted by Crippen LogP contribution is -2.47. The summed E-state index contributed by atoms with van der Waals surface area (Å²) in [7, 11) is -4.41. The van der Waals surface area contributed by atoms with Crippen molar-refractivity contribution in [1.82, 2.24) is 34.1 Å². The average Bonchev–Trinajstić information content (AvgIpc) is 3.94. The van der Waals surface area contributed by atoms with Crippen molar-refractivity contribution < 1.29 is 22.7 Å². The first-order valence-electron chi connectivity index (χ1n) is 20.9. The number of carbonyl (C=O) groups excluding carboxylic acids is 1. The molecule has 1 saturated heterocycles. The number of nitrogens with zero attached hydrogens (tertiary/aromatic N) is 6. The van der Waals surface area contributed by atoms with Gasteiger partial charge in [0.15, 0.2) is 0 Å². The minimum atomic E-state index is -4.41. The molecule has 9 rings (SSSR count). The Kier molecular flexibility index (Phi) is 11.8. The largest absolute Gasteiger partial charge is 0.476 e. The van der Waals surface area contributed by atoms with Crippen LogP contribution in [0, 0.1) is 11.3 Å². The van der Waals surface area contributed by atoms with Gasteiger partial charge in [0.2, 0.25) is 5.88 Å². The molecular weight excluding hydrogens is 848 g/mol. The standard InChI is InChI=1S/C46H48Cl2N8O5S/c1-46(2)13-11-33(39(24-46)31-4-6-34(47)7-5-31)28-54-17-19-55(20-18-54)35-8-9-38(41(22-35)61-36-21-32-12-14-50-43(32)51-25-36)44(57)53-62(58,59)37-23-40(48)45(52-26-37)60-29-30-3-10-42-49-15-16-56(42)27-30/h4-9,12,14-16,21-23,25-26,30H,3,10-11,13,17-20,24,27-29H2,1-2H3,(H,50,51)(H,53,57). The number of fused-ring (bicyclic) bond motifs is 2. The smallest absolute Gasteiger partial charge is 0.268 e. The highest BCUT2D eigenvalue weighted by Crippen LogP contribution is 2.43. The third kappa shape index (κ3) is 9.34. The Balaban J connectivity index is 0.900. The number of aromatic amines is 1. The molecule has 13 nitrogen and oxygen atoms in total. The van der Waals surface area contributed by atoms with E-state index in [4.69, 9.17) is 32.7 Å². The van der Waals surface area contributed by atoms with Gasteiger partial charge in [0, 0.05) is 92.4 Å². The number of pyridine rings is 2. The second-order valence-electron chi connectivity index (χ2n) is 17.2. The summed E-state index contributed by atoms with van der Waals surface area (Å²) < 4.78 is 43.8. The highest BCUT2D eigenvalue weighted by atomic mass is 35.5. The third-order valence-corrected chi connectivity index (χ3v) is 14.0. The molecule has 1 amide bonds. The minimum Gasteiger partial charge on any atom is -0.476 e. The van der Waals surface area contributed by atoms with Gasteiger partial charge in [0.25, 0.3) is 15.9 Å². The number of halogens is 2. The molecule has 0 radical (unpaired) electrons. The van der Waals surface area contributed by atoms with Crippen molar-refractivity contribution in [2.45, 2.75) is 57.4 Å². The molecule has 1 aliphatic carbocycles. The van der Waals surface area contributed by atoms with E-state index in [1.54, 1.807) is 30.7 Å². The lowest BCUT2D eigenvalue weighted by atomic mass is 9.72. The number of hydrogen-bond donors (Lipinski definition) is 2. The summed E-state index contributed by atoms with van der Waals surface area (Å²) >= 11 is 12.7. The number of rotatable bonds is 12. The zero-order valence-corrected chi connectivity index (χ0v) is 36.9. The van der Waals surface area contributed by atoms with Crippen LogP contribution in [0.5, 0.6) is 17.4 Å².